The summed E-state index contributed by atoms with van der Waals surface area (Å²) in [5, 5.41) is 0.440. The third kappa shape index (κ3) is 5.01. The maximum Gasteiger partial charge on any atom is 0.291 e. The van der Waals surface area contributed by atoms with E-state index in [4.69, 9.17) is 13.9 Å². The van der Waals surface area contributed by atoms with Crippen LogP contribution in [0.5, 0.6) is 11.5 Å². The molecule has 0 spiro atoms. The third-order valence-electron chi connectivity index (χ3n) is 7.17. The molecule has 202 valence electrons. The number of methoxy groups -OCH3 is 1. The summed E-state index contributed by atoms with van der Waals surface area (Å²) in [6, 6.07) is 14.5. The van der Waals surface area contributed by atoms with E-state index in [9.17, 15) is 14.0 Å². The van der Waals surface area contributed by atoms with Crippen molar-refractivity contribution in [1.82, 2.24) is 4.90 Å². The van der Waals surface area contributed by atoms with Crippen LogP contribution >= 0.6 is 0 Å². The number of hydrogen-bond acceptors (Lipinski definition) is 5. The van der Waals surface area contributed by atoms with Crippen LogP contribution in [0.1, 0.15) is 70.6 Å². The zero-order valence-corrected chi connectivity index (χ0v) is 22.7. The molecular formula is C32H32FNO5. The lowest BCUT2D eigenvalue weighted by molar-refractivity contribution is 0.0714. The molecular weight excluding hydrogens is 497 g/mol. The molecule has 2 heterocycles. The molecule has 7 heteroatoms. The molecule has 1 aliphatic rings. The molecule has 0 saturated heterocycles. The van der Waals surface area contributed by atoms with E-state index in [2.05, 4.69) is 6.92 Å². The highest BCUT2D eigenvalue weighted by Crippen LogP contribution is 2.42. The first-order valence-electron chi connectivity index (χ1n) is 13.3. The second kappa shape index (κ2) is 10.9. The van der Waals surface area contributed by atoms with E-state index in [1.807, 2.05) is 38.1 Å². The van der Waals surface area contributed by atoms with Crippen LogP contribution in [0.2, 0.25) is 0 Å². The Kier molecular flexibility index (Phi) is 7.42. The second-order valence-corrected chi connectivity index (χ2v) is 10.1. The van der Waals surface area contributed by atoms with Crippen molar-refractivity contribution in [2.24, 2.45) is 0 Å². The molecule has 0 saturated carbocycles. The predicted molar refractivity (Wildman–Crippen MR) is 148 cm³/mol. The van der Waals surface area contributed by atoms with Gasteiger partial charge in [0.1, 0.15) is 11.4 Å². The topological polar surface area (TPSA) is 69.0 Å². The number of amides is 1. The van der Waals surface area contributed by atoms with E-state index in [0.717, 1.165) is 36.0 Å². The van der Waals surface area contributed by atoms with Crippen molar-refractivity contribution in [3.05, 3.63) is 104 Å². The van der Waals surface area contributed by atoms with E-state index in [0.29, 0.717) is 40.2 Å². The Morgan fingerprint density at radius 1 is 0.974 bits per heavy atom. The summed E-state index contributed by atoms with van der Waals surface area (Å²) >= 11 is 0. The first kappa shape index (κ1) is 26.5. The Morgan fingerprint density at radius 3 is 2.46 bits per heavy atom. The monoisotopic (exact) mass is 529 g/mol. The predicted octanol–water partition coefficient (Wildman–Crippen LogP) is 6.87. The summed E-state index contributed by atoms with van der Waals surface area (Å²) in [5.74, 6) is 0.398. The molecule has 1 aliphatic heterocycles. The van der Waals surface area contributed by atoms with Gasteiger partial charge in [-0.1, -0.05) is 44.0 Å². The lowest BCUT2D eigenvalue weighted by Gasteiger charge is -2.26. The summed E-state index contributed by atoms with van der Waals surface area (Å²) < 4.78 is 31.4. The summed E-state index contributed by atoms with van der Waals surface area (Å²) in [5.41, 5.74) is 3.61. The number of nitrogens with zero attached hydrogens (tertiary/aromatic N) is 1. The van der Waals surface area contributed by atoms with Gasteiger partial charge in [0, 0.05) is 6.54 Å². The van der Waals surface area contributed by atoms with Crippen molar-refractivity contribution in [2.75, 3.05) is 13.7 Å². The summed E-state index contributed by atoms with van der Waals surface area (Å²) in [7, 11) is 1.56. The van der Waals surface area contributed by atoms with Crippen LogP contribution in [0.25, 0.3) is 11.0 Å². The number of carbonyl (C=O) groups excluding carboxylic acids is 1. The minimum Gasteiger partial charge on any atom is -0.493 e. The lowest BCUT2D eigenvalue weighted by atomic mass is 9.96. The summed E-state index contributed by atoms with van der Waals surface area (Å²) in [4.78, 5) is 29.4. The first-order valence-corrected chi connectivity index (χ1v) is 13.3. The van der Waals surface area contributed by atoms with Crippen LogP contribution < -0.4 is 14.9 Å². The number of ether oxygens (including phenoxy) is 2. The van der Waals surface area contributed by atoms with Gasteiger partial charge in [-0.2, -0.15) is 0 Å². The number of halogens is 1. The van der Waals surface area contributed by atoms with Gasteiger partial charge in [-0.25, -0.2) is 4.39 Å². The molecule has 0 radical (unpaired) electrons. The quantitative estimate of drug-likeness (QED) is 0.221. The van der Waals surface area contributed by atoms with Gasteiger partial charge in [0.15, 0.2) is 16.9 Å². The smallest absolute Gasteiger partial charge is 0.291 e. The van der Waals surface area contributed by atoms with Crippen molar-refractivity contribution in [2.45, 2.75) is 52.6 Å². The van der Waals surface area contributed by atoms with Gasteiger partial charge >= 0.3 is 0 Å². The van der Waals surface area contributed by atoms with E-state index in [1.165, 1.54) is 12.1 Å². The number of fused-ring (bicyclic) bond motifs is 2. The molecule has 1 aromatic heterocycles. The SMILES string of the molecule is CCCCCOc1ccc(C2c3c(oc4c(C)cc(C)cc4c3=O)C(=O)N2Cc2ccc(F)cc2)cc1OC. The standard InChI is InChI=1S/C32H32FNO5/c1-5-6-7-14-38-25-13-10-22(17-26(25)37-4)28-27-29(35)24-16-19(2)15-20(3)30(24)39-31(27)32(36)34(28)18-21-8-11-23(33)12-9-21/h8-13,15-17,28H,5-7,14,18H2,1-4H3. The van der Waals surface area contributed by atoms with Gasteiger partial charge < -0.3 is 18.8 Å². The van der Waals surface area contributed by atoms with Gasteiger partial charge in [-0.3, -0.25) is 9.59 Å². The van der Waals surface area contributed by atoms with Crippen molar-refractivity contribution >= 4 is 16.9 Å². The number of carbonyl (C=O) groups is 1. The molecule has 5 rings (SSSR count). The van der Waals surface area contributed by atoms with E-state index >= 15 is 0 Å². The summed E-state index contributed by atoms with van der Waals surface area (Å²) in [6.45, 7) is 6.66. The molecule has 4 aromatic rings. The molecule has 39 heavy (non-hydrogen) atoms. The molecule has 1 atom stereocenters. The number of rotatable bonds is 9. The van der Waals surface area contributed by atoms with Crippen molar-refractivity contribution < 1.29 is 23.1 Å². The number of aryl methyl sites for hydroxylation is 2. The second-order valence-electron chi connectivity index (χ2n) is 10.1. The maximum atomic E-state index is 14.0. The maximum absolute atomic E-state index is 14.0. The Hall–Kier alpha value is -4.13. The molecule has 1 amide bonds. The zero-order valence-electron chi connectivity index (χ0n) is 22.7. The average molecular weight is 530 g/mol. The normalized spacial score (nSPS) is 14.6. The van der Waals surface area contributed by atoms with Crippen LogP contribution in [0.4, 0.5) is 4.39 Å². The van der Waals surface area contributed by atoms with Gasteiger partial charge in [0.05, 0.1) is 30.7 Å². The summed E-state index contributed by atoms with van der Waals surface area (Å²) in [6.07, 6.45) is 3.10. The number of hydrogen-bond donors (Lipinski definition) is 0. The lowest BCUT2D eigenvalue weighted by Crippen LogP contribution is -2.29. The van der Waals surface area contributed by atoms with Crippen molar-refractivity contribution in [1.29, 1.82) is 0 Å². The molecule has 1 unspecified atom stereocenters. The Morgan fingerprint density at radius 2 is 1.74 bits per heavy atom. The van der Waals surface area contributed by atoms with Crippen LogP contribution in [0, 0.1) is 19.7 Å². The number of unbranched alkanes of at least 4 members (excludes halogenated alkanes) is 2. The molecule has 3 aromatic carbocycles. The first-order chi connectivity index (χ1) is 18.8. The van der Waals surface area contributed by atoms with Crippen molar-refractivity contribution in [3.8, 4) is 11.5 Å². The highest BCUT2D eigenvalue weighted by molar-refractivity contribution is 5.99. The number of benzene rings is 3. The van der Waals surface area contributed by atoms with E-state index in [-0.39, 0.29) is 23.6 Å². The van der Waals surface area contributed by atoms with Crippen LogP contribution in [0.15, 0.2) is 63.8 Å². The van der Waals surface area contributed by atoms with Crippen molar-refractivity contribution in [3.63, 3.8) is 0 Å². The zero-order chi connectivity index (χ0) is 27.7. The van der Waals surface area contributed by atoms with E-state index < -0.39 is 11.9 Å². The van der Waals surface area contributed by atoms with Crippen LogP contribution in [-0.4, -0.2) is 24.5 Å². The highest BCUT2D eigenvalue weighted by Gasteiger charge is 2.43. The van der Waals surface area contributed by atoms with E-state index in [1.54, 1.807) is 30.2 Å². The molecule has 0 bridgehead atoms. The van der Waals surface area contributed by atoms with Crippen LogP contribution in [0.3, 0.4) is 0 Å². The molecule has 0 N–H and O–H groups in total. The largest absolute Gasteiger partial charge is 0.493 e. The third-order valence-corrected chi connectivity index (χ3v) is 7.17. The van der Waals surface area contributed by atoms with Gasteiger partial charge in [-0.15, -0.1) is 0 Å². The fourth-order valence-electron chi connectivity index (χ4n) is 5.28. The Labute approximate surface area is 227 Å². The van der Waals surface area contributed by atoms with Crippen LogP contribution in [-0.2, 0) is 6.54 Å². The Bertz CT molecular complexity index is 1590. The average Bonchev–Trinajstić information content (AvgIpc) is 3.20. The fourth-order valence-corrected chi connectivity index (χ4v) is 5.28. The highest BCUT2D eigenvalue weighted by atomic mass is 19.1. The molecule has 0 fully saturated rings. The fraction of sp³-hybridized carbons (Fsp3) is 0.312. The van der Waals surface area contributed by atoms with Gasteiger partial charge in [0.2, 0.25) is 5.76 Å². The molecule has 0 aliphatic carbocycles. The molecule has 6 nitrogen and oxygen atoms in total. The Balaban J connectivity index is 1.64. The minimum atomic E-state index is -0.720. The minimum absolute atomic E-state index is 0.0328. The van der Waals surface area contributed by atoms with Gasteiger partial charge in [-0.05, 0) is 72.9 Å². The van der Waals surface area contributed by atoms with Gasteiger partial charge in [0.25, 0.3) is 5.91 Å².